The fourth-order valence-corrected chi connectivity index (χ4v) is 6.70. The maximum atomic E-state index is 13.1. The van der Waals surface area contributed by atoms with Crippen LogP contribution in [0, 0.1) is 5.92 Å². The van der Waals surface area contributed by atoms with Gasteiger partial charge in [-0.1, -0.05) is 30.3 Å². The molecule has 35 heavy (non-hydrogen) atoms. The second kappa shape index (κ2) is 9.99. The molecular weight excluding hydrogens is 466 g/mol. The highest BCUT2D eigenvalue weighted by atomic mass is 32.2. The van der Waals surface area contributed by atoms with Crippen molar-refractivity contribution in [1.82, 2.24) is 9.21 Å². The van der Waals surface area contributed by atoms with Gasteiger partial charge in [-0.05, 0) is 61.8 Å². The lowest BCUT2D eigenvalue weighted by Crippen LogP contribution is -2.48. The van der Waals surface area contributed by atoms with E-state index < -0.39 is 10.0 Å². The van der Waals surface area contributed by atoms with Gasteiger partial charge in [0.25, 0.3) is 5.91 Å². The summed E-state index contributed by atoms with van der Waals surface area (Å²) in [6.45, 7) is 2.02. The number of hydrogen-bond acceptors (Lipinski definition) is 5. The second-order valence-electron chi connectivity index (χ2n) is 9.52. The Bertz CT molecular complexity index is 1190. The van der Waals surface area contributed by atoms with E-state index in [1.54, 1.807) is 6.07 Å². The Morgan fingerprint density at radius 3 is 2.40 bits per heavy atom. The van der Waals surface area contributed by atoms with Gasteiger partial charge in [-0.15, -0.1) is 0 Å². The molecule has 0 aromatic heterocycles. The summed E-state index contributed by atoms with van der Waals surface area (Å²) in [5, 5.41) is 0. The number of piperidine rings is 1. The molecule has 0 spiro atoms. The van der Waals surface area contributed by atoms with Crippen LogP contribution in [0.5, 0.6) is 5.75 Å². The number of ether oxygens (including phenoxy) is 1. The molecular formula is C26H31N3O5S. The van der Waals surface area contributed by atoms with Gasteiger partial charge < -0.3 is 9.64 Å². The van der Waals surface area contributed by atoms with Gasteiger partial charge in [0.2, 0.25) is 15.9 Å². The number of hydrogen-bond donors (Lipinski definition) is 0. The number of fused-ring (bicyclic) bond motifs is 1. The van der Waals surface area contributed by atoms with E-state index in [4.69, 9.17) is 4.74 Å². The number of rotatable bonds is 6. The van der Waals surface area contributed by atoms with Crippen molar-refractivity contribution in [1.29, 1.82) is 0 Å². The van der Waals surface area contributed by atoms with Crippen molar-refractivity contribution in [2.24, 2.45) is 5.92 Å². The number of benzene rings is 2. The Kier molecular flexibility index (Phi) is 6.80. The van der Waals surface area contributed by atoms with Gasteiger partial charge in [-0.3, -0.25) is 14.5 Å². The standard InChI is InChI=1S/C26H31N3O5S/c30-25(27-14-10-21(11-15-27)16-20-6-2-1-3-7-20)18-29-23-17-22(8-9-24(23)34-19-26(29)31)35(32,33)28-12-4-5-13-28/h1-3,6-9,17,21H,4-5,10-16,18-19H2. The first-order valence-electron chi connectivity index (χ1n) is 12.3. The topological polar surface area (TPSA) is 87.2 Å². The van der Waals surface area contributed by atoms with E-state index in [1.807, 2.05) is 23.1 Å². The fraction of sp³-hybridized carbons (Fsp3) is 0.462. The zero-order valence-electron chi connectivity index (χ0n) is 19.8. The molecule has 2 aromatic rings. The van der Waals surface area contributed by atoms with Crippen LogP contribution in [0.15, 0.2) is 53.4 Å². The van der Waals surface area contributed by atoms with E-state index in [1.165, 1.54) is 26.9 Å². The number of carbonyl (C=O) groups excluding carboxylic acids is 2. The monoisotopic (exact) mass is 497 g/mol. The Balaban J connectivity index is 1.27. The highest BCUT2D eigenvalue weighted by Crippen LogP contribution is 2.35. The van der Waals surface area contributed by atoms with Crippen LogP contribution in [0.3, 0.4) is 0 Å². The third-order valence-electron chi connectivity index (χ3n) is 7.20. The molecule has 0 aliphatic carbocycles. The number of amides is 2. The van der Waals surface area contributed by atoms with E-state index in [9.17, 15) is 18.0 Å². The minimum atomic E-state index is -3.65. The van der Waals surface area contributed by atoms with Crippen LogP contribution in [0.4, 0.5) is 5.69 Å². The third-order valence-corrected chi connectivity index (χ3v) is 9.10. The lowest BCUT2D eigenvalue weighted by molar-refractivity contribution is -0.133. The van der Waals surface area contributed by atoms with Gasteiger partial charge in [0.05, 0.1) is 10.6 Å². The molecule has 2 amide bonds. The van der Waals surface area contributed by atoms with Crippen LogP contribution in [0.25, 0.3) is 0 Å². The summed E-state index contributed by atoms with van der Waals surface area (Å²) in [6.07, 6.45) is 4.54. The minimum Gasteiger partial charge on any atom is -0.482 e. The van der Waals surface area contributed by atoms with Gasteiger partial charge in [0.1, 0.15) is 12.3 Å². The molecule has 186 valence electrons. The SMILES string of the molecule is O=C(CN1C(=O)COc2ccc(S(=O)(=O)N3CCCC3)cc21)N1CCC(Cc2ccccc2)CC1. The summed E-state index contributed by atoms with van der Waals surface area (Å²) in [4.78, 5) is 29.2. The van der Waals surface area contributed by atoms with Gasteiger partial charge in [0.15, 0.2) is 6.61 Å². The summed E-state index contributed by atoms with van der Waals surface area (Å²) in [6, 6.07) is 14.9. The van der Waals surface area contributed by atoms with Crippen molar-refractivity contribution in [3.05, 3.63) is 54.1 Å². The molecule has 3 heterocycles. The van der Waals surface area contributed by atoms with Crippen molar-refractivity contribution in [2.75, 3.05) is 44.2 Å². The smallest absolute Gasteiger partial charge is 0.265 e. The first-order valence-corrected chi connectivity index (χ1v) is 13.7. The molecule has 2 saturated heterocycles. The third kappa shape index (κ3) is 5.06. The van der Waals surface area contributed by atoms with E-state index in [-0.39, 0.29) is 29.9 Å². The normalized spacial score (nSPS) is 19.5. The van der Waals surface area contributed by atoms with Crippen molar-refractivity contribution >= 4 is 27.5 Å². The zero-order valence-corrected chi connectivity index (χ0v) is 20.6. The van der Waals surface area contributed by atoms with Crippen molar-refractivity contribution in [2.45, 2.75) is 37.0 Å². The molecule has 0 unspecified atom stereocenters. The molecule has 3 aliphatic heterocycles. The quantitative estimate of drug-likeness (QED) is 0.613. The fourth-order valence-electron chi connectivity index (χ4n) is 5.16. The molecule has 0 N–H and O–H groups in total. The number of likely N-dealkylation sites (tertiary alicyclic amines) is 1. The predicted molar refractivity (Wildman–Crippen MR) is 132 cm³/mol. The van der Waals surface area contributed by atoms with Crippen LogP contribution in [-0.2, 0) is 26.0 Å². The molecule has 2 fully saturated rings. The highest BCUT2D eigenvalue weighted by molar-refractivity contribution is 7.89. The first-order chi connectivity index (χ1) is 16.9. The largest absolute Gasteiger partial charge is 0.482 e. The van der Waals surface area contributed by atoms with E-state index in [0.717, 1.165) is 32.1 Å². The Labute approximate surface area is 206 Å². The van der Waals surface area contributed by atoms with Crippen LogP contribution in [0.1, 0.15) is 31.2 Å². The second-order valence-corrected chi connectivity index (χ2v) is 11.5. The lowest BCUT2D eigenvalue weighted by Gasteiger charge is -2.35. The van der Waals surface area contributed by atoms with E-state index in [0.29, 0.717) is 43.5 Å². The van der Waals surface area contributed by atoms with E-state index >= 15 is 0 Å². The molecule has 0 atom stereocenters. The van der Waals surface area contributed by atoms with Crippen LogP contribution < -0.4 is 9.64 Å². The lowest BCUT2D eigenvalue weighted by atomic mass is 9.90. The average Bonchev–Trinajstić information content (AvgIpc) is 3.43. The van der Waals surface area contributed by atoms with Crippen molar-refractivity contribution in [3.63, 3.8) is 0 Å². The number of sulfonamides is 1. The molecule has 8 nitrogen and oxygen atoms in total. The average molecular weight is 498 g/mol. The molecule has 0 bridgehead atoms. The summed E-state index contributed by atoms with van der Waals surface area (Å²) >= 11 is 0. The summed E-state index contributed by atoms with van der Waals surface area (Å²) < 4.78 is 33.1. The maximum Gasteiger partial charge on any atom is 0.265 e. The molecule has 0 saturated carbocycles. The Morgan fingerprint density at radius 1 is 0.971 bits per heavy atom. The molecule has 5 rings (SSSR count). The molecule has 9 heteroatoms. The zero-order chi connectivity index (χ0) is 24.4. The van der Waals surface area contributed by atoms with Gasteiger partial charge in [-0.25, -0.2) is 8.42 Å². The summed E-state index contributed by atoms with van der Waals surface area (Å²) in [5.41, 5.74) is 1.65. The van der Waals surface area contributed by atoms with Crippen LogP contribution >= 0.6 is 0 Å². The maximum absolute atomic E-state index is 13.1. The number of nitrogens with zero attached hydrogens (tertiary/aromatic N) is 3. The van der Waals surface area contributed by atoms with Gasteiger partial charge in [-0.2, -0.15) is 4.31 Å². The summed E-state index contributed by atoms with van der Waals surface area (Å²) in [5.74, 6) is 0.475. The van der Waals surface area contributed by atoms with Gasteiger partial charge in [0, 0.05) is 26.2 Å². The minimum absolute atomic E-state index is 0.119. The van der Waals surface area contributed by atoms with Crippen molar-refractivity contribution < 1.29 is 22.7 Å². The van der Waals surface area contributed by atoms with Gasteiger partial charge >= 0.3 is 0 Å². The van der Waals surface area contributed by atoms with Crippen LogP contribution in [-0.4, -0.2) is 68.8 Å². The number of carbonyl (C=O) groups is 2. The molecule has 0 radical (unpaired) electrons. The first kappa shape index (κ1) is 23.8. The predicted octanol–water partition coefficient (Wildman–Crippen LogP) is 2.68. The number of anilines is 1. The summed E-state index contributed by atoms with van der Waals surface area (Å²) in [7, 11) is -3.65. The van der Waals surface area contributed by atoms with Crippen LogP contribution in [0.2, 0.25) is 0 Å². The Hall–Kier alpha value is -2.91. The Morgan fingerprint density at radius 2 is 1.69 bits per heavy atom. The highest BCUT2D eigenvalue weighted by Gasteiger charge is 2.33. The molecule has 3 aliphatic rings. The molecule has 2 aromatic carbocycles. The van der Waals surface area contributed by atoms with Crippen molar-refractivity contribution in [3.8, 4) is 5.75 Å². The van der Waals surface area contributed by atoms with E-state index in [2.05, 4.69) is 12.1 Å².